The lowest BCUT2D eigenvalue weighted by Gasteiger charge is -2.33. The molecule has 0 N–H and O–H groups in total. The van der Waals surface area contributed by atoms with Crippen LogP contribution in [0.25, 0.3) is 0 Å². The van der Waals surface area contributed by atoms with E-state index in [1.54, 1.807) is 0 Å². The van der Waals surface area contributed by atoms with Crippen molar-refractivity contribution in [3.63, 3.8) is 0 Å². The summed E-state index contributed by atoms with van der Waals surface area (Å²) in [5, 5.41) is 0.821. The van der Waals surface area contributed by atoms with Crippen LogP contribution in [0.15, 0.2) is 36.7 Å². The number of halogens is 1. The van der Waals surface area contributed by atoms with Crippen molar-refractivity contribution in [2.75, 3.05) is 19.6 Å². The van der Waals surface area contributed by atoms with E-state index in [1.165, 1.54) is 30.8 Å². The van der Waals surface area contributed by atoms with Gasteiger partial charge in [0.15, 0.2) is 0 Å². The zero-order valence-electron chi connectivity index (χ0n) is 12.5. The van der Waals surface area contributed by atoms with Gasteiger partial charge in [-0.1, -0.05) is 23.7 Å². The number of piperidine rings is 1. The lowest BCUT2D eigenvalue weighted by molar-refractivity contribution is 0.208. The van der Waals surface area contributed by atoms with E-state index in [0.717, 1.165) is 24.5 Å². The summed E-state index contributed by atoms with van der Waals surface area (Å²) in [5.41, 5.74) is 1.42. The lowest BCUT2D eigenvalue weighted by atomic mass is 9.90. The summed E-state index contributed by atoms with van der Waals surface area (Å²) in [6.45, 7) is 3.44. The number of hydrogen-bond acceptors (Lipinski definition) is 2. The monoisotopic (exact) mass is 303 g/mol. The van der Waals surface area contributed by atoms with Gasteiger partial charge in [0.1, 0.15) is 5.82 Å². The highest BCUT2D eigenvalue weighted by molar-refractivity contribution is 6.30. The Kier molecular flexibility index (Phi) is 4.61. The van der Waals surface area contributed by atoms with E-state index < -0.39 is 0 Å². The van der Waals surface area contributed by atoms with Crippen molar-refractivity contribution in [1.82, 2.24) is 14.5 Å². The van der Waals surface area contributed by atoms with Gasteiger partial charge < -0.3 is 9.47 Å². The molecular weight excluding hydrogens is 282 g/mol. The Morgan fingerprint density at radius 2 is 2.10 bits per heavy atom. The summed E-state index contributed by atoms with van der Waals surface area (Å²) >= 11 is 5.98. The molecule has 3 nitrogen and oxygen atoms in total. The predicted molar refractivity (Wildman–Crippen MR) is 86.8 cm³/mol. The highest BCUT2D eigenvalue weighted by Gasteiger charge is 2.21. The molecule has 1 unspecified atom stereocenters. The van der Waals surface area contributed by atoms with Crippen molar-refractivity contribution in [3.8, 4) is 0 Å². The summed E-state index contributed by atoms with van der Waals surface area (Å²) in [5.74, 6) is 1.81. The molecule has 1 aromatic heterocycles. The average Bonchev–Trinajstić information content (AvgIpc) is 2.91. The smallest absolute Gasteiger partial charge is 0.109 e. The van der Waals surface area contributed by atoms with Crippen LogP contribution in [0.3, 0.4) is 0 Å². The molecular formula is C17H22ClN3. The van der Waals surface area contributed by atoms with Crippen LogP contribution in [0, 0.1) is 0 Å². The maximum Gasteiger partial charge on any atom is 0.109 e. The normalized spacial score (nSPS) is 19.8. The minimum Gasteiger partial charge on any atom is -0.338 e. The van der Waals surface area contributed by atoms with Gasteiger partial charge in [0.25, 0.3) is 0 Å². The fourth-order valence-corrected chi connectivity index (χ4v) is 3.29. The van der Waals surface area contributed by atoms with E-state index in [1.807, 2.05) is 24.5 Å². The molecule has 1 aliphatic heterocycles. The SMILES string of the molecule is Cn1ccnc1CCN1CCCC(c2ccc(Cl)cc2)C1. The van der Waals surface area contributed by atoms with Gasteiger partial charge in [-0.2, -0.15) is 0 Å². The van der Waals surface area contributed by atoms with Crippen LogP contribution in [0.2, 0.25) is 5.02 Å². The van der Waals surface area contributed by atoms with Crippen LogP contribution >= 0.6 is 11.6 Å². The first-order chi connectivity index (χ1) is 10.2. The van der Waals surface area contributed by atoms with Crippen molar-refractivity contribution in [3.05, 3.63) is 53.1 Å². The number of nitrogens with zero attached hydrogens (tertiary/aromatic N) is 3. The molecule has 0 spiro atoms. The van der Waals surface area contributed by atoms with Gasteiger partial charge in [0, 0.05) is 44.0 Å². The van der Waals surface area contributed by atoms with Gasteiger partial charge in [0.05, 0.1) is 0 Å². The summed E-state index contributed by atoms with van der Waals surface area (Å²) in [7, 11) is 2.06. The van der Waals surface area contributed by atoms with Gasteiger partial charge in [-0.15, -0.1) is 0 Å². The van der Waals surface area contributed by atoms with E-state index >= 15 is 0 Å². The first-order valence-corrected chi connectivity index (χ1v) is 8.04. The number of hydrogen-bond donors (Lipinski definition) is 0. The lowest BCUT2D eigenvalue weighted by Crippen LogP contribution is -2.36. The molecule has 2 heterocycles. The molecule has 1 atom stereocenters. The van der Waals surface area contributed by atoms with Crippen LogP contribution < -0.4 is 0 Å². The Morgan fingerprint density at radius 3 is 2.81 bits per heavy atom. The van der Waals surface area contributed by atoms with Crippen molar-refractivity contribution >= 4 is 11.6 Å². The number of rotatable bonds is 4. The molecule has 21 heavy (non-hydrogen) atoms. The Morgan fingerprint density at radius 1 is 1.29 bits per heavy atom. The van der Waals surface area contributed by atoms with E-state index in [9.17, 15) is 0 Å². The van der Waals surface area contributed by atoms with Crippen molar-refractivity contribution in [2.24, 2.45) is 7.05 Å². The van der Waals surface area contributed by atoms with Gasteiger partial charge in [-0.05, 0) is 43.0 Å². The van der Waals surface area contributed by atoms with Crippen molar-refractivity contribution < 1.29 is 0 Å². The largest absolute Gasteiger partial charge is 0.338 e. The van der Waals surface area contributed by atoms with Crippen LogP contribution in [0.1, 0.15) is 30.1 Å². The third-order valence-electron chi connectivity index (χ3n) is 4.42. The molecule has 0 amide bonds. The van der Waals surface area contributed by atoms with E-state index in [0.29, 0.717) is 5.92 Å². The standard InChI is InChI=1S/C17H22ClN3/c1-20-12-9-19-17(20)8-11-21-10-2-3-15(13-21)14-4-6-16(18)7-5-14/h4-7,9,12,15H,2-3,8,10-11,13H2,1H3. The fourth-order valence-electron chi connectivity index (χ4n) is 3.16. The fraction of sp³-hybridized carbons (Fsp3) is 0.471. The third-order valence-corrected chi connectivity index (χ3v) is 4.67. The Bertz CT molecular complexity index is 576. The number of imidazole rings is 1. The Hall–Kier alpha value is -1.32. The van der Waals surface area contributed by atoms with Crippen LogP contribution in [-0.4, -0.2) is 34.1 Å². The Balaban J connectivity index is 1.58. The molecule has 4 heteroatoms. The van der Waals surface area contributed by atoms with Gasteiger partial charge in [0.2, 0.25) is 0 Å². The minimum atomic E-state index is 0.636. The van der Waals surface area contributed by atoms with Crippen LogP contribution in [-0.2, 0) is 13.5 Å². The zero-order valence-corrected chi connectivity index (χ0v) is 13.3. The van der Waals surface area contributed by atoms with Crippen molar-refractivity contribution in [2.45, 2.75) is 25.2 Å². The highest BCUT2D eigenvalue weighted by atomic mass is 35.5. The summed E-state index contributed by atoms with van der Waals surface area (Å²) in [6.07, 6.45) is 7.47. The summed E-state index contributed by atoms with van der Waals surface area (Å²) < 4.78 is 2.11. The molecule has 1 aromatic carbocycles. The van der Waals surface area contributed by atoms with Crippen LogP contribution in [0.5, 0.6) is 0 Å². The van der Waals surface area contributed by atoms with E-state index in [4.69, 9.17) is 11.6 Å². The first-order valence-electron chi connectivity index (χ1n) is 7.66. The highest BCUT2D eigenvalue weighted by Crippen LogP contribution is 2.27. The number of aromatic nitrogens is 2. The molecule has 0 radical (unpaired) electrons. The van der Waals surface area contributed by atoms with Gasteiger partial charge in [-0.25, -0.2) is 4.98 Å². The number of likely N-dealkylation sites (tertiary alicyclic amines) is 1. The molecule has 1 saturated heterocycles. The second-order valence-electron chi connectivity index (χ2n) is 5.90. The van der Waals surface area contributed by atoms with E-state index in [2.05, 4.69) is 33.6 Å². The van der Waals surface area contributed by atoms with Crippen LogP contribution in [0.4, 0.5) is 0 Å². The molecule has 0 saturated carbocycles. The summed E-state index contributed by atoms with van der Waals surface area (Å²) in [4.78, 5) is 6.98. The zero-order chi connectivity index (χ0) is 14.7. The minimum absolute atomic E-state index is 0.636. The quantitative estimate of drug-likeness (QED) is 0.862. The second kappa shape index (κ2) is 6.63. The molecule has 1 fully saturated rings. The third kappa shape index (κ3) is 3.66. The topological polar surface area (TPSA) is 21.1 Å². The second-order valence-corrected chi connectivity index (χ2v) is 6.33. The molecule has 0 aliphatic carbocycles. The Labute approximate surface area is 131 Å². The van der Waals surface area contributed by atoms with E-state index in [-0.39, 0.29) is 0 Å². The average molecular weight is 304 g/mol. The maximum atomic E-state index is 5.98. The maximum absolute atomic E-state index is 5.98. The molecule has 0 bridgehead atoms. The molecule has 3 rings (SSSR count). The summed E-state index contributed by atoms with van der Waals surface area (Å²) in [6, 6.07) is 8.36. The van der Waals surface area contributed by atoms with Crippen molar-refractivity contribution in [1.29, 1.82) is 0 Å². The van der Waals surface area contributed by atoms with Gasteiger partial charge in [-0.3, -0.25) is 0 Å². The first kappa shape index (κ1) is 14.6. The number of aryl methyl sites for hydroxylation is 1. The predicted octanol–water partition coefficient (Wildman–Crippen LogP) is 3.50. The van der Waals surface area contributed by atoms with Gasteiger partial charge >= 0.3 is 0 Å². The molecule has 2 aromatic rings. The molecule has 1 aliphatic rings. The molecule has 112 valence electrons. The number of benzene rings is 1.